The number of pyridine rings is 1. The normalized spacial score (nSPS) is 18.0. The molecule has 10 nitrogen and oxygen atoms in total. The lowest BCUT2D eigenvalue weighted by Gasteiger charge is -2.25. The second-order valence-corrected chi connectivity index (χ2v) is 10.9. The fourth-order valence-electron chi connectivity index (χ4n) is 5.63. The van der Waals surface area contributed by atoms with Crippen LogP contribution in [-0.2, 0) is 9.59 Å². The summed E-state index contributed by atoms with van der Waals surface area (Å²) in [6.07, 6.45) is 5.81. The topological polar surface area (TPSA) is 120 Å². The largest absolute Gasteiger partial charge is 0.461 e. The van der Waals surface area contributed by atoms with Crippen LogP contribution < -0.4 is 10.6 Å². The highest BCUT2D eigenvalue weighted by Crippen LogP contribution is 2.23. The van der Waals surface area contributed by atoms with Gasteiger partial charge < -0.3 is 19.5 Å². The Labute approximate surface area is 243 Å². The number of guanidine groups is 1. The third kappa shape index (κ3) is 6.12. The highest BCUT2D eigenvalue weighted by molar-refractivity contribution is 6.11. The maximum atomic E-state index is 13.7. The average Bonchev–Trinajstić information content (AvgIpc) is 3.63. The molecule has 0 saturated carbocycles. The molecule has 2 aliphatic rings. The Bertz CT molecular complexity index is 1670. The molecule has 1 unspecified atom stereocenters. The summed E-state index contributed by atoms with van der Waals surface area (Å²) in [4.78, 5) is 52.5. The van der Waals surface area contributed by atoms with Crippen LogP contribution in [0.2, 0.25) is 0 Å². The van der Waals surface area contributed by atoms with Crippen molar-refractivity contribution in [3.05, 3.63) is 72.1 Å². The Balaban J connectivity index is 1.27. The van der Waals surface area contributed by atoms with Crippen molar-refractivity contribution in [3.8, 4) is 0 Å². The fraction of sp³-hybridized carbons (Fsp3) is 0.344. The summed E-state index contributed by atoms with van der Waals surface area (Å²) in [6, 6.07) is 15.8. The number of fused-ring (bicyclic) bond motifs is 2. The summed E-state index contributed by atoms with van der Waals surface area (Å²) >= 11 is 0. The summed E-state index contributed by atoms with van der Waals surface area (Å²) in [7, 11) is 0. The first-order chi connectivity index (χ1) is 20.4. The van der Waals surface area contributed by atoms with E-state index in [2.05, 4.69) is 15.6 Å². The minimum atomic E-state index is -0.734. The second-order valence-electron chi connectivity index (χ2n) is 10.9. The van der Waals surface area contributed by atoms with Crippen LogP contribution in [0, 0.1) is 6.92 Å². The molecular weight excluding hydrogens is 532 g/mol. The Morgan fingerprint density at radius 3 is 2.69 bits per heavy atom. The predicted octanol–water partition coefficient (Wildman–Crippen LogP) is 4.49. The van der Waals surface area contributed by atoms with Crippen molar-refractivity contribution in [3.63, 3.8) is 0 Å². The van der Waals surface area contributed by atoms with Crippen molar-refractivity contribution < 1.29 is 18.8 Å². The number of rotatable bonds is 5. The average molecular weight is 567 g/mol. The van der Waals surface area contributed by atoms with E-state index in [1.165, 1.54) is 0 Å². The lowest BCUT2D eigenvalue weighted by molar-refractivity contribution is -0.140. The van der Waals surface area contributed by atoms with Gasteiger partial charge in [-0.1, -0.05) is 6.07 Å². The summed E-state index contributed by atoms with van der Waals surface area (Å²) in [5.74, 6) is 0.368. The van der Waals surface area contributed by atoms with Gasteiger partial charge >= 0.3 is 0 Å². The molecule has 2 fully saturated rings. The van der Waals surface area contributed by atoms with E-state index in [-0.39, 0.29) is 30.2 Å². The number of anilines is 1. The monoisotopic (exact) mass is 566 g/mol. The number of nitrogens with one attached hydrogen (secondary N) is 2. The van der Waals surface area contributed by atoms with Crippen molar-refractivity contribution in [2.24, 2.45) is 4.99 Å². The molecule has 2 N–H and O–H groups in total. The van der Waals surface area contributed by atoms with E-state index in [4.69, 9.17) is 9.41 Å². The Morgan fingerprint density at radius 1 is 1.00 bits per heavy atom. The number of amides is 3. The summed E-state index contributed by atoms with van der Waals surface area (Å²) < 4.78 is 5.70. The van der Waals surface area contributed by atoms with Crippen LogP contribution in [0.25, 0.3) is 21.9 Å². The molecule has 2 saturated heterocycles. The van der Waals surface area contributed by atoms with Crippen LogP contribution in [-0.4, -0.2) is 70.7 Å². The van der Waals surface area contributed by atoms with Crippen molar-refractivity contribution in [2.45, 2.75) is 45.1 Å². The smallest absolute Gasteiger partial charge is 0.257 e. The number of carbonyl (C=O) groups excluding carboxylic acids is 3. The minimum Gasteiger partial charge on any atom is -0.461 e. The van der Waals surface area contributed by atoms with Crippen LogP contribution in [0.15, 0.2) is 70.2 Å². The number of furan rings is 1. The molecule has 0 aliphatic carbocycles. The van der Waals surface area contributed by atoms with Crippen molar-refractivity contribution in [1.29, 1.82) is 0 Å². The molecule has 216 valence electrons. The Kier molecular flexibility index (Phi) is 7.85. The number of nitrogens with zero attached hydrogens (tertiary/aromatic N) is 4. The fourth-order valence-corrected chi connectivity index (χ4v) is 5.63. The van der Waals surface area contributed by atoms with E-state index in [9.17, 15) is 14.4 Å². The predicted molar refractivity (Wildman–Crippen MR) is 161 cm³/mol. The molecule has 2 aliphatic heterocycles. The third-order valence-corrected chi connectivity index (χ3v) is 7.82. The van der Waals surface area contributed by atoms with E-state index < -0.39 is 6.04 Å². The number of likely N-dealkylation sites (tertiary alicyclic amines) is 2. The number of benzene rings is 2. The summed E-state index contributed by atoms with van der Waals surface area (Å²) in [6.45, 7) is 3.95. The van der Waals surface area contributed by atoms with E-state index in [0.717, 1.165) is 66.4 Å². The molecule has 0 bridgehead atoms. The summed E-state index contributed by atoms with van der Waals surface area (Å²) in [5, 5.41) is 7.87. The van der Waals surface area contributed by atoms with Gasteiger partial charge in [-0.3, -0.25) is 24.7 Å². The van der Waals surface area contributed by atoms with Gasteiger partial charge in [-0.15, -0.1) is 0 Å². The number of aromatic nitrogens is 1. The number of hydrogen-bond acceptors (Lipinski definition) is 6. The van der Waals surface area contributed by atoms with Crippen LogP contribution in [0.4, 0.5) is 5.69 Å². The van der Waals surface area contributed by atoms with Gasteiger partial charge in [0.2, 0.25) is 17.8 Å². The minimum absolute atomic E-state index is 0.0216. The molecule has 2 aromatic carbocycles. The number of aliphatic imine (C=N–C) groups is 1. The molecule has 1 atom stereocenters. The Morgan fingerprint density at radius 2 is 1.83 bits per heavy atom. The van der Waals surface area contributed by atoms with E-state index in [0.29, 0.717) is 24.2 Å². The maximum absolute atomic E-state index is 13.7. The third-order valence-electron chi connectivity index (χ3n) is 7.82. The maximum Gasteiger partial charge on any atom is 0.257 e. The molecule has 4 aromatic rings. The molecule has 10 heteroatoms. The van der Waals surface area contributed by atoms with Gasteiger partial charge in [-0.25, -0.2) is 4.99 Å². The molecule has 6 rings (SSSR count). The standard InChI is InChI=1S/C32H34N6O4/c1-21-17-24-19-25(10-12-28(24)42-21)34-32(36-30(40)23-9-11-26-22(18-23)7-6-13-33-26)35-27-8-2-3-16-38(31(27)41)20-29(39)37-14-4-5-15-37/h6-7,9-13,17-19,27H,2-5,8,14-16,20H2,1H3,(H2,34,35,36,40). The zero-order valence-corrected chi connectivity index (χ0v) is 23.6. The second kappa shape index (κ2) is 12.0. The van der Waals surface area contributed by atoms with Crippen molar-refractivity contribution in [2.75, 3.05) is 31.5 Å². The first-order valence-electron chi connectivity index (χ1n) is 14.5. The van der Waals surface area contributed by atoms with Gasteiger partial charge in [0.15, 0.2) is 0 Å². The van der Waals surface area contributed by atoms with Crippen LogP contribution in [0.3, 0.4) is 0 Å². The van der Waals surface area contributed by atoms with Gasteiger partial charge in [0.25, 0.3) is 5.91 Å². The van der Waals surface area contributed by atoms with E-state index in [1.54, 1.807) is 29.3 Å². The van der Waals surface area contributed by atoms with Gasteiger partial charge in [-0.2, -0.15) is 0 Å². The molecule has 2 aromatic heterocycles. The molecule has 0 radical (unpaired) electrons. The van der Waals surface area contributed by atoms with Gasteiger partial charge in [0, 0.05) is 47.9 Å². The van der Waals surface area contributed by atoms with Gasteiger partial charge in [0.1, 0.15) is 17.4 Å². The lowest BCUT2D eigenvalue weighted by atomic mass is 10.1. The lowest BCUT2D eigenvalue weighted by Crippen LogP contribution is -2.45. The quantitative estimate of drug-likeness (QED) is 0.271. The highest BCUT2D eigenvalue weighted by Gasteiger charge is 2.30. The zero-order chi connectivity index (χ0) is 29.1. The number of hydrogen-bond donors (Lipinski definition) is 2. The Hall–Kier alpha value is -4.73. The van der Waals surface area contributed by atoms with Gasteiger partial charge in [0.05, 0.1) is 12.1 Å². The van der Waals surface area contributed by atoms with E-state index in [1.807, 2.05) is 48.2 Å². The van der Waals surface area contributed by atoms with Crippen LogP contribution >= 0.6 is 0 Å². The molecule has 3 amide bonds. The molecule has 4 heterocycles. The van der Waals surface area contributed by atoms with E-state index >= 15 is 0 Å². The number of aryl methyl sites for hydroxylation is 1. The molecular formula is C32H34N6O4. The van der Waals surface area contributed by atoms with Gasteiger partial charge in [-0.05, 0) is 87.6 Å². The van der Waals surface area contributed by atoms with Crippen LogP contribution in [0.1, 0.15) is 48.2 Å². The van der Waals surface area contributed by atoms with Crippen LogP contribution in [0.5, 0.6) is 0 Å². The first-order valence-corrected chi connectivity index (χ1v) is 14.5. The first kappa shape index (κ1) is 27.4. The zero-order valence-electron chi connectivity index (χ0n) is 23.6. The number of carbonyl (C=O) groups is 3. The molecule has 42 heavy (non-hydrogen) atoms. The summed E-state index contributed by atoms with van der Waals surface area (Å²) in [5.41, 5.74) is 2.67. The van der Waals surface area contributed by atoms with Crippen molar-refractivity contribution >= 4 is 51.2 Å². The molecule has 0 spiro atoms. The highest BCUT2D eigenvalue weighted by atomic mass is 16.3. The van der Waals surface area contributed by atoms with Crippen molar-refractivity contribution in [1.82, 2.24) is 20.1 Å². The SMILES string of the molecule is Cc1cc2cc(NC(=NC3CCCCN(CC(=O)N4CCCC4)C3=O)NC(=O)c3ccc4ncccc4c3)ccc2o1.